The molecule has 0 spiro atoms. The number of rotatable bonds is 4. The van der Waals surface area contributed by atoms with Crippen LogP contribution in [0.25, 0.3) is 0 Å². The summed E-state index contributed by atoms with van der Waals surface area (Å²) in [6.07, 6.45) is 5.56. The molecule has 24 heavy (non-hydrogen) atoms. The minimum atomic E-state index is 0.0653. The lowest BCUT2D eigenvalue weighted by atomic mass is 10.0. The third-order valence-corrected chi connectivity index (χ3v) is 5.05. The number of amides is 2. The second-order valence-corrected chi connectivity index (χ2v) is 6.65. The highest BCUT2D eigenvalue weighted by atomic mass is 16.5. The van der Waals surface area contributed by atoms with Gasteiger partial charge < -0.3 is 14.5 Å². The topological polar surface area (TPSA) is 49.9 Å². The molecule has 1 aromatic rings. The average molecular weight is 330 g/mol. The van der Waals surface area contributed by atoms with Gasteiger partial charge in [0, 0.05) is 19.5 Å². The molecule has 3 rings (SSSR count). The van der Waals surface area contributed by atoms with Crippen molar-refractivity contribution >= 4 is 11.8 Å². The van der Waals surface area contributed by atoms with Crippen LogP contribution in [0.1, 0.15) is 50.1 Å². The van der Waals surface area contributed by atoms with E-state index in [1.54, 1.807) is 12.0 Å². The second kappa shape index (κ2) is 7.69. The van der Waals surface area contributed by atoms with Gasteiger partial charge in [-0.3, -0.25) is 9.59 Å². The van der Waals surface area contributed by atoms with E-state index in [-0.39, 0.29) is 24.4 Å². The Morgan fingerprint density at radius 3 is 2.92 bits per heavy atom. The van der Waals surface area contributed by atoms with Gasteiger partial charge in [0.15, 0.2) is 0 Å². The Morgan fingerprint density at radius 2 is 2.08 bits per heavy atom. The lowest BCUT2D eigenvalue weighted by Crippen LogP contribution is -2.42. The number of benzene rings is 1. The molecule has 2 saturated heterocycles. The molecular weight excluding hydrogens is 304 g/mol. The molecule has 2 heterocycles. The van der Waals surface area contributed by atoms with Crippen molar-refractivity contribution in [1.29, 1.82) is 0 Å². The zero-order valence-electron chi connectivity index (χ0n) is 14.4. The average Bonchev–Trinajstić information content (AvgIpc) is 3.01. The predicted molar refractivity (Wildman–Crippen MR) is 91.7 cm³/mol. The molecule has 5 nitrogen and oxygen atoms in total. The van der Waals surface area contributed by atoms with Crippen molar-refractivity contribution in [3.63, 3.8) is 0 Å². The molecule has 1 aromatic carbocycles. The highest BCUT2D eigenvalue weighted by molar-refractivity contribution is 5.85. The highest BCUT2D eigenvalue weighted by Crippen LogP contribution is 2.33. The number of carbonyl (C=O) groups is 2. The molecule has 2 aliphatic heterocycles. The van der Waals surface area contributed by atoms with Gasteiger partial charge in [0.05, 0.1) is 19.7 Å². The molecule has 0 aliphatic carbocycles. The van der Waals surface area contributed by atoms with Gasteiger partial charge in [-0.15, -0.1) is 0 Å². The van der Waals surface area contributed by atoms with Crippen LogP contribution in [0.5, 0.6) is 5.75 Å². The number of methoxy groups -OCH3 is 1. The summed E-state index contributed by atoms with van der Waals surface area (Å²) in [5.41, 5.74) is 1.11. The van der Waals surface area contributed by atoms with E-state index in [9.17, 15) is 9.59 Å². The smallest absolute Gasteiger partial charge is 0.242 e. The van der Waals surface area contributed by atoms with Gasteiger partial charge in [0.2, 0.25) is 11.8 Å². The lowest BCUT2D eigenvalue weighted by molar-refractivity contribution is -0.140. The van der Waals surface area contributed by atoms with Crippen LogP contribution in [0.4, 0.5) is 0 Å². The maximum atomic E-state index is 12.8. The van der Waals surface area contributed by atoms with Crippen LogP contribution in [0, 0.1) is 0 Å². The number of ether oxygens (including phenoxy) is 1. The summed E-state index contributed by atoms with van der Waals surface area (Å²) in [6.45, 7) is 1.70. The zero-order chi connectivity index (χ0) is 16.9. The SMILES string of the molecule is COc1cccc(C2CCCN2C(=O)CN2CCCCCC2=O)c1. The van der Waals surface area contributed by atoms with E-state index in [2.05, 4.69) is 6.07 Å². The van der Waals surface area contributed by atoms with Crippen molar-refractivity contribution in [2.24, 2.45) is 0 Å². The number of hydrogen-bond donors (Lipinski definition) is 0. The van der Waals surface area contributed by atoms with Crippen LogP contribution in [0.2, 0.25) is 0 Å². The number of nitrogens with zero attached hydrogens (tertiary/aromatic N) is 2. The molecule has 1 unspecified atom stereocenters. The zero-order valence-corrected chi connectivity index (χ0v) is 14.4. The van der Waals surface area contributed by atoms with E-state index in [1.165, 1.54) is 0 Å². The van der Waals surface area contributed by atoms with Crippen LogP contribution in [0.15, 0.2) is 24.3 Å². The normalized spacial score (nSPS) is 21.7. The minimum absolute atomic E-state index is 0.0653. The maximum absolute atomic E-state index is 12.8. The first-order valence-corrected chi connectivity index (χ1v) is 8.90. The summed E-state index contributed by atoms with van der Waals surface area (Å²) in [4.78, 5) is 28.6. The van der Waals surface area contributed by atoms with E-state index in [0.717, 1.165) is 50.0 Å². The third kappa shape index (κ3) is 3.71. The first-order chi connectivity index (χ1) is 11.7. The summed E-state index contributed by atoms with van der Waals surface area (Å²) < 4.78 is 5.30. The predicted octanol–water partition coefficient (Wildman–Crippen LogP) is 2.76. The second-order valence-electron chi connectivity index (χ2n) is 6.65. The Balaban J connectivity index is 1.70. The molecule has 0 saturated carbocycles. The van der Waals surface area contributed by atoms with E-state index < -0.39 is 0 Å². The van der Waals surface area contributed by atoms with Crippen LogP contribution >= 0.6 is 0 Å². The summed E-state index contributed by atoms with van der Waals surface area (Å²) in [6, 6.07) is 8.03. The van der Waals surface area contributed by atoms with Crippen molar-refractivity contribution < 1.29 is 14.3 Å². The maximum Gasteiger partial charge on any atom is 0.242 e. The largest absolute Gasteiger partial charge is 0.497 e. The molecule has 2 aliphatic rings. The van der Waals surface area contributed by atoms with Crippen LogP contribution < -0.4 is 4.74 Å². The molecule has 0 aromatic heterocycles. The Labute approximate surface area is 143 Å². The fourth-order valence-corrected chi connectivity index (χ4v) is 3.72. The summed E-state index contributed by atoms with van der Waals surface area (Å²) in [5.74, 6) is 1.00. The van der Waals surface area contributed by atoms with Gasteiger partial charge in [-0.05, 0) is 43.4 Å². The number of carbonyl (C=O) groups excluding carboxylic acids is 2. The van der Waals surface area contributed by atoms with Crippen LogP contribution in [-0.4, -0.2) is 48.4 Å². The van der Waals surface area contributed by atoms with Crippen LogP contribution in [-0.2, 0) is 9.59 Å². The first kappa shape index (κ1) is 16.8. The molecule has 0 N–H and O–H groups in total. The fraction of sp³-hybridized carbons (Fsp3) is 0.579. The summed E-state index contributed by atoms with van der Waals surface area (Å²) >= 11 is 0. The Morgan fingerprint density at radius 1 is 1.21 bits per heavy atom. The van der Waals surface area contributed by atoms with Crippen molar-refractivity contribution in [3.05, 3.63) is 29.8 Å². The van der Waals surface area contributed by atoms with Gasteiger partial charge in [-0.2, -0.15) is 0 Å². The number of hydrogen-bond acceptors (Lipinski definition) is 3. The van der Waals surface area contributed by atoms with E-state index >= 15 is 0 Å². The van der Waals surface area contributed by atoms with E-state index in [4.69, 9.17) is 4.74 Å². The molecule has 130 valence electrons. The molecule has 0 bridgehead atoms. The minimum Gasteiger partial charge on any atom is -0.497 e. The Bertz CT molecular complexity index is 602. The van der Waals surface area contributed by atoms with Crippen molar-refractivity contribution in [3.8, 4) is 5.75 Å². The fourth-order valence-electron chi connectivity index (χ4n) is 3.72. The van der Waals surface area contributed by atoms with Gasteiger partial charge in [-0.1, -0.05) is 18.6 Å². The summed E-state index contributed by atoms with van der Waals surface area (Å²) in [7, 11) is 1.65. The Kier molecular flexibility index (Phi) is 5.38. The lowest BCUT2D eigenvalue weighted by Gasteiger charge is -2.28. The molecule has 1 atom stereocenters. The molecule has 0 radical (unpaired) electrons. The third-order valence-electron chi connectivity index (χ3n) is 5.05. The van der Waals surface area contributed by atoms with Gasteiger partial charge in [-0.25, -0.2) is 0 Å². The molecule has 5 heteroatoms. The monoisotopic (exact) mass is 330 g/mol. The van der Waals surface area contributed by atoms with Gasteiger partial charge in [0.1, 0.15) is 5.75 Å². The number of likely N-dealkylation sites (tertiary alicyclic amines) is 2. The molecule has 2 fully saturated rings. The first-order valence-electron chi connectivity index (χ1n) is 8.90. The van der Waals surface area contributed by atoms with E-state index in [0.29, 0.717) is 13.0 Å². The molecular formula is C19H26N2O3. The molecule has 2 amide bonds. The summed E-state index contributed by atoms with van der Waals surface area (Å²) in [5, 5.41) is 0. The van der Waals surface area contributed by atoms with Gasteiger partial charge in [0.25, 0.3) is 0 Å². The standard InChI is InChI=1S/C19H26N2O3/c1-24-16-8-5-7-15(13-16)17-9-6-12-21(17)19(23)14-20-11-4-2-3-10-18(20)22/h5,7-8,13,17H,2-4,6,9-12,14H2,1H3. The van der Waals surface area contributed by atoms with Crippen LogP contribution in [0.3, 0.4) is 0 Å². The van der Waals surface area contributed by atoms with E-state index in [1.807, 2.05) is 23.1 Å². The highest BCUT2D eigenvalue weighted by Gasteiger charge is 2.31. The Hall–Kier alpha value is -2.04. The van der Waals surface area contributed by atoms with Crippen molar-refractivity contribution in [2.45, 2.75) is 44.6 Å². The van der Waals surface area contributed by atoms with Gasteiger partial charge >= 0.3 is 0 Å². The van der Waals surface area contributed by atoms with Crippen molar-refractivity contribution in [1.82, 2.24) is 9.80 Å². The van der Waals surface area contributed by atoms with Crippen molar-refractivity contribution in [2.75, 3.05) is 26.7 Å². The quantitative estimate of drug-likeness (QED) is 0.853.